The van der Waals surface area contributed by atoms with Crippen molar-refractivity contribution in [2.75, 3.05) is 6.54 Å². The summed E-state index contributed by atoms with van der Waals surface area (Å²) in [6.07, 6.45) is 3.19. The number of piperidine rings is 1. The monoisotopic (exact) mass is 340 g/mol. The summed E-state index contributed by atoms with van der Waals surface area (Å²) in [5.74, 6) is -0.219. The van der Waals surface area contributed by atoms with Gasteiger partial charge in [0.05, 0.1) is 5.69 Å². The second-order valence-corrected chi connectivity index (χ2v) is 6.68. The number of likely N-dealkylation sites (tertiary alicyclic amines) is 1. The standard InChI is InChI=1S/C19H24N4O2/c1-3-14-10-9-13(2)22(12-14)19(25)16-11-17(18(20)24)23(21-16)15-7-5-4-6-8-15/h4-8,11,13-14H,3,9-10,12H2,1-2H3,(H2,20,24)/t13-,14+/m0/s1. The Morgan fingerprint density at radius 1 is 1.24 bits per heavy atom. The minimum absolute atomic E-state index is 0.136. The van der Waals surface area contributed by atoms with Crippen molar-refractivity contribution in [2.24, 2.45) is 11.7 Å². The largest absolute Gasteiger partial charge is 0.364 e. The molecule has 2 atom stereocenters. The molecule has 6 nitrogen and oxygen atoms in total. The van der Waals surface area contributed by atoms with E-state index in [1.165, 1.54) is 10.7 Å². The highest BCUT2D eigenvalue weighted by Crippen LogP contribution is 2.25. The first kappa shape index (κ1) is 17.2. The van der Waals surface area contributed by atoms with E-state index in [0.29, 0.717) is 11.6 Å². The van der Waals surface area contributed by atoms with Crippen LogP contribution in [0.3, 0.4) is 0 Å². The minimum atomic E-state index is -0.603. The first-order valence-electron chi connectivity index (χ1n) is 8.77. The summed E-state index contributed by atoms with van der Waals surface area (Å²) >= 11 is 0. The molecule has 0 saturated carbocycles. The van der Waals surface area contributed by atoms with Crippen LogP contribution in [0.4, 0.5) is 0 Å². The first-order valence-corrected chi connectivity index (χ1v) is 8.77. The van der Waals surface area contributed by atoms with Crippen LogP contribution < -0.4 is 5.73 Å². The average molecular weight is 340 g/mol. The number of nitrogens with two attached hydrogens (primary N) is 1. The highest BCUT2D eigenvalue weighted by atomic mass is 16.2. The Bertz CT molecular complexity index is 769. The van der Waals surface area contributed by atoms with E-state index in [4.69, 9.17) is 5.73 Å². The molecule has 132 valence electrons. The van der Waals surface area contributed by atoms with Crippen LogP contribution in [-0.2, 0) is 0 Å². The fourth-order valence-corrected chi connectivity index (χ4v) is 3.37. The molecule has 1 aliphatic rings. The molecule has 1 aliphatic heterocycles. The number of carbonyl (C=O) groups excluding carboxylic acids is 2. The number of carbonyl (C=O) groups is 2. The molecule has 2 aromatic rings. The van der Waals surface area contributed by atoms with Gasteiger partial charge in [0.15, 0.2) is 5.69 Å². The van der Waals surface area contributed by atoms with Gasteiger partial charge in [-0.1, -0.05) is 31.5 Å². The third-order valence-corrected chi connectivity index (χ3v) is 5.00. The number of rotatable bonds is 4. The molecule has 2 N–H and O–H groups in total. The van der Waals surface area contributed by atoms with Crippen molar-refractivity contribution in [3.05, 3.63) is 47.8 Å². The Balaban J connectivity index is 1.94. The summed E-state index contributed by atoms with van der Waals surface area (Å²) in [5.41, 5.74) is 6.67. The fourth-order valence-electron chi connectivity index (χ4n) is 3.37. The Morgan fingerprint density at radius 2 is 1.96 bits per heavy atom. The van der Waals surface area contributed by atoms with Gasteiger partial charge in [0.2, 0.25) is 0 Å². The molecule has 6 heteroatoms. The Hall–Kier alpha value is -2.63. The van der Waals surface area contributed by atoms with Gasteiger partial charge in [-0.05, 0) is 37.8 Å². The fraction of sp³-hybridized carbons (Fsp3) is 0.421. The van der Waals surface area contributed by atoms with Crippen LogP contribution in [0.2, 0.25) is 0 Å². The second-order valence-electron chi connectivity index (χ2n) is 6.68. The number of hydrogen-bond acceptors (Lipinski definition) is 3. The molecule has 1 aromatic heterocycles. The average Bonchev–Trinajstić information content (AvgIpc) is 3.08. The highest BCUT2D eigenvalue weighted by Gasteiger charge is 2.31. The summed E-state index contributed by atoms with van der Waals surface area (Å²) in [5, 5.41) is 4.39. The zero-order valence-corrected chi connectivity index (χ0v) is 14.7. The van der Waals surface area contributed by atoms with E-state index >= 15 is 0 Å². The SMILES string of the molecule is CC[C@@H]1CC[C@H](C)N(C(=O)c2cc(C(N)=O)n(-c3ccccc3)n2)C1. The van der Waals surface area contributed by atoms with Crippen LogP contribution in [-0.4, -0.2) is 39.1 Å². The minimum Gasteiger partial charge on any atom is -0.364 e. The number of nitrogens with zero attached hydrogens (tertiary/aromatic N) is 3. The van der Waals surface area contributed by atoms with E-state index < -0.39 is 5.91 Å². The third-order valence-electron chi connectivity index (χ3n) is 5.00. The van der Waals surface area contributed by atoms with Crippen LogP contribution in [0.1, 0.15) is 54.1 Å². The number of primary amides is 1. The van der Waals surface area contributed by atoms with E-state index in [1.807, 2.05) is 35.2 Å². The zero-order chi connectivity index (χ0) is 18.0. The molecule has 0 aliphatic carbocycles. The molecule has 0 radical (unpaired) electrons. The van der Waals surface area contributed by atoms with Crippen molar-refractivity contribution in [1.82, 2.24) is 14.7 Å². The van der Waals surface area contributed by atoms with Gasteiger partial charge in [-0.25, -0.2) is 4.68 Å². The molecule has 2 amide bonds. The van der Waals surface area contributed by atoms with E-state index in [9.17, 15) is 9.59 Å². The Labute approximate surface area is 147 Å². The number of aromatic nitrogens is 2. The molecule has 1 fully saturated rings. The summed E-state index contributed by atoms with van der Waals surface area (Å²) < 4.78 is 1.45. The molecular formula is C19H24N4O2. The third kappa shape index (κ3) is 3.43. The van der Waals surface area contributed by atoms with Crippen molar-refractivity contribution in [3.63, 3.8) is 0 Å². The van der Waals surface area contributed by atoms with Crippen molar-refractivity contribution < 1.29 is 9.59 Å². The second kappa shape index (κ2) is 7.09. The predicted molar refractivity (Wildman–Crippen MR) is 95.6 cm³/mol. The van der Waals surface area contributed by atoms with Gasteiger partial charge >= 0.3 is 0 Å². The predicted octanol–water partition coefficient (Wildman–Crippen LogP) is 2.62. The van der Waals surface area contributed by atoms with E-state index in [1.54, 1.807) is 0 Å². The van der Waals surface area contributed by atoms with Crippen LogP contribution in [0.15, 0.2) is 36.4 Å². The lowest BCUT2D eigenvalue weighted by atomic mass is 9.91. The zero-order valence-electron chi connectivity index (χ0n) is 14.7. The van der Waals surface area contributed by atoms with E-state index in [-0.39, 0.29) is 23.3 Å². The Morgan fingerprint density at radius 3 is 2.60 bits per heavy atom. The van der Waals surface area contributed by atoms with Gasteiger partial charge in [-0.15, -0.1) is 0 Å². The van der Waals surface area contributed by atoms with Crippen LogP contribution in [0.5, 0.6) is 0 Å². The van der Waals surface area contributed by atoms with Crippen molar-refractivity contribution >= 4 is 11.8 Å². The maximum Gasteiger partial charge on any atom is 0.274 e. The van der Waals surface area contributed by atoms with Crippen molar-refractivity contribution in [3.8, 4) is 5.69 Å². The highest BCUT2D eigenvalue weighted by molar-refractivity contribution is 5.97. The molecule has 3 rings (SSSR count). The van der Waals surface area contributed by atoms with E-state index in [2.05, 4.69) is 18.9 Å². The van der Waals surface area contributed by atoms with Gasteiger partial charge < -0.3 is 10.6 Å². The number of para-hydroxylation sites is 1. The van der Waals surface area contributed by atoms with Crippen molar-refractivity contribution in [1.29, 1.82) is 0 Å². The Kier molecular flexibility index (Phi) is 4.88. The topological polar surface area (TPSA) is 81.2 Å². The molecule has 0 unspecified atom stereocenters. The van der Waals surface area contributed by atoms with Crippen molar-refractivity contribution in [2.45, 2.75) is 39.2 Å². The van der Waals surface area contributed by atoms with Gasteiger partial charge in [0, 0.05) is 18.7 Å². The molecular weight excluding hydrogens is 316 g/mol. The van der Waals surface area contributed by atoms with Gasteiger partial charge in [0.1, 0.15) is 5.69 Å². The lowest BCUT2D eigenvalue weighted by Crippen LogP contribution is -2.45. The molecule has 0 spiro atoms. The molecule has 1 saturated heterocycles. The molecule has 25 heavy (non-hydrogen) atoms. The number of benzene rings is 1. The molecule has 2 heterocycles. The lowest BCUT2D eigenvalue weighted by molar-refractivity contribution is 0.0550. The number of hydrogen-bond donors (Lipinski definition) is 1. The first-order chi connectivity index (χ1) is 12.0. The summed E-state index contributed by atoms with van der Waals surface area (Å²) in [6.45, 7) is 4.95. The number of amides is 2. The van der Waals surface area contributed by atoms with Gasteiger partial charge in [-0.3, -0.25) is 9.59 Å². The smallest absolute Gasteiger partial charge is 0.274 e. The normalized spacial score (nSPS) is 20.5. The lowest BCUT2D eigenvalue weighted by Gasteiger charge is -2.37. The van der Waals surface area contributed by atoms with E-state index in [0.717, 1.165) is 25.8 Å². The van der Waals surface area contributed by atoms with Crippen LogP contribution in [0, 0.1) is 5.92 Å². The maximum absolute atomic E-state index is 13.0. The van der Waals surface area contributed by atoms with Crippen LogP contribution >= 0.6 is 0 Å². The quantitative estimate of drug-likeness (QED) is 0.929. The summed E-state index contributed by atoms with van der Waals surface area (Å²) in [7, 11) is 0. The van der Waals surface area contributed by atoms with Crippen LogP contribution in [0.25, 0.3) is 5.69 Å². The maximum atomic E-state index is 13.0. The summed E-state index contributed by atoms with van der Waals surface area (Å²) in [4.78, 5) is 26.7. The molecule has 1 aromatic carbocycles. The molecule has 0 bridgehead atoms. The van der Waals surface area contributed by atoms with Gasteiger partial charge in [0.25, 0.3) is 11.8 Å². The summed E-state index contributed by atoms with van der Waals surface area (Å²) in [6, 6.07) is 10.9. The van der Waals surface area contributed by atoms with Gasteiger partial charge in [-0.2, -0.15) is 5.10 Å².